The van der Waals surface area contributed by atoms with Crippen LogP contribution in [0, 0.1) is 5.92 Å². The number of aliphatic hydroxyl groups excluding tert-OH is 1. The zero-order chi connectivity index (χ0) is 11.2. The number of alkyl halides is 3. The number of thioether (sulfide) groups is 1. The topological polar surface area (TPSA) is 37.3 Å². The lowest BCUT2D eigenvalue weighted by molar-refractivity contribution is -0.121. The maximum absolute atomic E-state index is 11.7. The number of halogens is 3. The Morgan fingerprint density at radius 1 is 1.43 bits per heavy atom. The average Bonchev–Trinajstić information content (AvgIpc) is 2.00. The molecule has 0 radical (unpaired) electrons. The normalized spacial score (nSPS) is 14.1. The van der Waals surface area contributed by atoms with Crippen LogP contribution in [-0.4, -0.2) is 28.8 Å². The van der Waals surface area contributed by atoms with Crippen LogP contribution in [0.3, 0.4) is 0 Å². The number of rotatable bonds is 6. The largest absolute Gasteiger partial charge is 0.441 e. The minimum atomic E-state index is -4.24. The molecule has 0 aliphatic rings. The number of Topliss-reactive ketones (excluding diaryl/α,β-unsaturated/α-hetero) is 1. The van der Waals surface area contributed by atoms with E-state index in [-0.39, 0.29) is 42.7 Å². The van der Waals surface area contributed by atoms with Crippen molar-refractivity contribution in [2.75, 3.05) is 12.4 Å². The Labute approximate surface area is 84.9 Å². The van der Waals surface area contributed by atoms with E-state index in [2.05, 4.69) is 0 Å². The molecular weight excluding hydrogens is 217 g/mol. The van der Waals surface area contributed by atoms with Gasteiger partial charge in [0.1, 0.15) is 5.78 Å². The molecule has 0 aromatic carbocycles. The number of aliphatic hydroxyl groups is 1. The highest BCUT2D eigenvalue weighted by atomic mass is 32.2. The maximum Gasteiger partial charge on any atom is 0.441 e. The molecule has 0 amide bonds. The van der Waals surface area contributed by atoms with Crippen LogP contribution in [0.2, 0.25) is 0 Å². The zero-order valence-corrected chi connectivity index (χ0v) is 8.62. The Morgan fingerprint density at radius 2 is 2.00 bits per heavy atom. The summed E-state index contributed by atoms with van der Waals surface area (Å²) in [5.74, 6) is -0.745. The van der Waals surface area contributed by atoms with Gasteiger partial charge in [-0.15, -0.1) is 0 Å². The molecule has 0 saturated heterocycles. The van der Waals surface area contributed by atoms with E-state index in [1.165, 1.54) is 6.92 Å². The Balaban J connectivity index is 3.77. The number of ketones is 1. The van der Waals surface area contributed by atoms with E-state index < -0.39 is 11.4 Å². The summed E-state index contributed by atoms with van der Waals surface area (Å²) in [5, 5.41) is 8.56. The summed E-state index contributed by atoms with van der Waals surface area (Å²) in [6.45, 7) is 1.17. The molecule has 6 heteroatoms. The SMILES string of the molecule is CC(=O)C(CCO)CCSC(F)(F)F. The molecule has 0 rings (SSSR count). The molecule has 1 unspecified atom stereocenters. The highest BCUT2D eigenvalue weighted by Gasteiger charge is 2.28. The van der Waals surface area contributed by atoms with Gasteiger partial charge in [0, 0.05) is 18.3 Å². The monoisotopic (exact) mass is 230 g/mol. The molecule has 0 aliphatic carbocycles. The fourth-order valence-electron chi connectivity index (χ4n) is 1.02. The van der Waals surface area contributed by atoms with Gasteiger partial charge >= 0.3 is 5.51 Å². The van der Waals surface area contributed by atoms with Crippen LogP contribution in [0.5, 0.6) is 0 Å². The van der Waals surface area contributed by atoms with Crippen molar-refractivity contribution in [3.05, 3.63) is 0 Å². The van der Waals surface area contributed by atoms with Gasteiger partial charge < -0.3 is 5.11 Å². The fourth-order valence-corrected chi connectivity index (χ4v) is 1.66. The first-order valence-electron chi connectivity index (χ1n) is 4.19. The van der Waals surface area contributed by atoms with Gasteiger partial charge in [-0.2, -0.15) is 13.2 Å². The van der Waals surface area contributed by atoms with Gasteiger partial charge in [0.25, 0.3) is 0 Å². The highest BCUT2D eigenvalue weighted by Crippen LogP contribution is 2.31. The highest BCUT2D eigenvalue weighted by molar-refractivity contribution is 8.00. The van der Waals surface area contributed by atoms with Crippen LogP contribution in [0.4, 0.5) is 13.2 Å². The molecule has 0 fully saturated rings. The van der Waals surface area contributed by atoms with Gasteiger partial charge in [0.05, 0.1) is 0 Å². The quantitative estimate of drug-likeness (QED) is 0.760. The second kappa shape index (κ2) is 6.29. The van der Waals surface area contributed by atoms with Crippen molar-refractivity contribution in [1.29, 1.82) is 0 Å². The van der Waals surface area contributed by atoms with Crippen molar-refractivity contribution < 1.29 is 23.1 Å². The summed E-state index contributed by atoms with van der Waals surface area (Å²) in [5.41, 5.74) is -4.24. The fraction of sp³-hybridized carbons (Fsp3) is 0.875. The number of carbonyl (C=O) groups excluding carboxylic acids is 1. The minimum Gasteiger partial charge on any atom is -0.396 e. The molecule has 0 saturated carbocycles. The Kier molecular flexibility index (Phi) is 6.19. The lowest BCUT2D eigenvalue weighted by Crippen LogP contribution is -2.14. The molecule has 84 valence electrons. The van der Waals surface area contributed by atoms with Crippen molar-refractivity contribution in [3.8, 4) is 0 Å². The molecule has 0 aromatic heterocycles. The van der Waals surface area contributed by atoms with E-state index in [1.54, 1.807) is 0 Å². The summed E-state index contributed by atoms with van der Waals surface area (Å²) < 4.78 is 35.2. The standard InChI is InChI=1S/C8H13F3O2S/c1-6(13)7(2-4-12)3-5-14-8(9,10)11/h7,12H,2-5H2,1H3. The van der Waals surface area contributed by atoms with Crippen LogP contribution in [0.1, 0.15) is 19.8 Å². The van der Waals surface area contributed by atoms with Gasteiger partial charge in [-0.25, -0.2) is 0 Å². The van der Waals surface area contributed by atoms with Crippen molar-refractivity contribution >= 4 is 17.5 Å². The van der Waals surface area contributed by atoms with Crippen molar-refractivity contribution in [3.63, 3.8) is 0 Å². The van der Waals surface area contributed by atoms with Gasteiger partial charge in [0.2, 0.25) is 0 Å². The lowest BCUT2D eigenvalue weighted by atomic mass is 9.99. The molecule has 0 aliphatic heterocycles. The van der Waals surface area contributed by atoms with Crippen molar-refractivity contribution in [2.24, 2.45) is 5.92 Å². The van der Waals surface area contributed by atoms with E-state index in [4.69, 9.17) is 5.11 Å². The zero-order valence-electron chi connectivity index (χ0n) is 7.80. The van der Waals surface area contributed by atoms with E-state index in [9.17, 15) is 18.0 Å². The third-order valence-corrected chi connectivity index (χ3v) is 2.55. The van der Waals surface area contributed by atoms with E-state index in [0.717, 1.165) is 0 Å². The van der Waals surface area contributed by atoms with Crippen LogP contribution in [0.25, 0.3) is 0 Å². The lowest BCUT2D eigenvalue weighted by Gasteiger charge is -2.12. The third-order valence-electron chi connectivity index (χ3n) is 1.78. The van der Waals surface area contributed by atoms with E-state index in [1.807, 2.05) is 0 Å². The molecule has 2 nitrogen and oxygen atoms in total. The minimum absolute atomic E-state index is 0.129. The molecule has 0 aromatic rings. The number of carbonyl (C=O) groups is 1. The first-order chi connectivity index (χ1) is 6.37. The second-order valence-electron chi connectivity index (χ2n) is 2.90. The summed E-state index contributed by atoms with van der Waals surface area (Å²) in [7, 11) is 0. The van der Waals surface area contributed by atoms with E-state index >= 15 is 0 Å². The van der Waals surface area contributed by atoms with Gasteiger partial charge in [0.15, 0.2) is 0 Å². The maximum atomic E-state index is 11.7. The Bertz CT molecular complexity index is 182. The van der Waals surface area contributed by atoms with Crippen LogP contribution >= 0.6 is 11.8 Å². The predicted molar refractivity (Wildman–Crippen MR) is 49.0 cm³/mol. The summed E-state index contributed by atoms with van der Waals surface area (Å²) in [6.07, 6.45) is 0.411. The van der Waals surface area contributed by atoms with Gasteiger partial charge in [-0.3, -0.25) is 4.79 Å². The van der Waals surface area contributed by atoms with Crippen LogP contribution in [-0.2, 0) is 4.79 Å². The van der Waals surface area contributed by atoms with Gasteiger partial charge in [-0.1, -0.05) is 11.8 Å². The van der Waals surface area contributed by atoms with Crippen LogP contribution in [0.15, 0.2) is 0 Å². The van der Waals surface area contributed by atoms with E-state index in [0.29, 0.717) is 0 Å². The molecule has 0 bridgehead atoms. The third kappa shape index (κ3) is 7.20. The first kappa shape index (κ1) is 13.8. The first-order valence-corrected chi connectivity index (χ1v) is 5.17. The molecular formula is C8H13F3O2S. The Hall–Kier alpha value is -0.230. The smallest absolute Gasteiger partial charge is 0.396 e. The predicted octanol–water partition coefficient (Wildman–Crippen LogP) is 2.22. The average molecular weight is 230 g/mol. The van der Waals surface area contributed by atoms with Crippen LogP contribution < -0.4 is 0 Å². The Morgan fingerprint density at radius 3 is 2.36 bits per heavy atom. The molecule has 0 heterocycles. The molecule has 0 spiro atoms. The summed E-state index contributed by atoms with van der Waals surface area (Å²) in [4.78, 5) is 10.9. The number of hydrogen-bond acceptors (Lipinski definition) is 3. The summed E-state index contributed by atoms with van der Waals surface area (Å²) in [6, 6.07) is 0. The molecule has 1 atom stereocenters. The molecule has 1 N–H and O–H groups in total. The van der Waals surface area contributed by atoms with Crippen molar-refractivity contribution in [1.82, 2.24) is 0 Å². The molecule has 14 heavy (non-hydrogen) atoms. The second-order valence-corrected chi connectivity index (χ2v) is 4.06. The van der Waals surface area contributed by atoms with Crippen molar-refractivity contribution in [2.45, 2.75) is 25.3 Å². The van der Waals surface area contributed by atoms with Gasteiger partial charge in [-0.05, 0) is 19.8 Å². The summed E-state index contributed by atoms with van der Waals surface area (Å²) >= 11 is -0.129. The number of hydrogen-bond donors (Lipinski definition) is 1.